The van der Waals surface area contributed by atoms with E-state index in [1.54, 1.807) is 0 Å². The van der Waals surface area contributed by atoms with Crippen LogP contribution in [0.15, 0.2) is 40.1 Å². The summed E-state index contributed by atoms with van der Waals surface area (Å²) < 4.78 is 40.2. The van der Waals surface area contributed by atoms with Gasteiger partial charge in [-0.3, -0.25) is 0 Å². The van der Waals surface area contributed by atoms with E-state index in [1.165, 1.54) is 12.1 Å². The Kier molecular flexibility index (Phi) is 4.06. The summed E-state index contributed by atoms with van der Waals surface area (Å²) in [6, 6.07) is 5.77. The van der Waals surface area contributed by atoms with E-state index in [-0.39, 0.29) is 4.90 Å². The van der Waals surface area contributed by atoms with Gasteiger partial charge in [0.25, 0.3) is 0 Å². The smallest absolute Gasteiger partial charge is 0.137 e. The lowest BCUT2D eigenvalue weighted by Crippen LogP contribution is -1.93. The first-order valence-electron chi connectivity index (χ1n) is 4.85. The van der Waals surface area contributed by atoms with Gasteiger partial charge < -0.3 is 5.73 Å². The Hall–Kier alpha value is -0.890. The van der Waals surface area contributed by atoms with Gasteiger partial charge in [-0.05, 0) is 52.9 Å². The molecule has 18 heavy (non-hydrogen) atoms. The van der Waals surface area contributed by atoms with Gasteiger partial charge in [0.2, 0.25) is 0 Å². The summed E-state index contributed by atoms with van der Waals surface area (Å²) in [6.45, 7) is 0. The second-order valence-electron chi connectivity index (χ2n) is 3.48. The van der Waals surface area contributed by atoms with E-state index in [4.69, 9.17) is 5.73 Å². The molecule has 0 saturated carbocycles. The molecule has 2 aromatic rings. The predicted octanol–water partition coefficient (Wildman–Crippen LogP) is 4.44. The molecule has 0 spiro atoms. The first kappa shape index (κ1) is 13.5. The largest absolute Gasteiger partial charge is 0.398 e. The van der Waals surface area contributed by atoms with Crippen molar-refractivity contribution in [3.05, 3.63) is 51.4 Å². The number of nitrogen functional groups attached to an aromatic ring is 1. The Labute approximate surface area is 120 Å². The quantitative estimate of drug-likeness (QED) is 0.615. The monoisotopic (exact) mass is 381 g/mol. The van der Waals surface area contributed by atoms with Crippen LogP contribution in [0.3, 0.4) is 0 Å². The Bertz CT molecular complexity index is 604. The molecule has 0 heterocycles. The highest BCUT2D eigenvalue weighted by Gasteiger charge is 2.11. The molecule has 0 aromatic heterocycles. The third kappa shape index (κ3) is 2.92. The first-order chi connectivity index (χ1) is 8.47. The summed E-state index contributed by atoms with van der Waals surface area (Å²) in [6.07, 6.45) is 0. The number of anilines is 1. The zero-order chi connectivity index (χ0) is 13.3. The van der Waals surface area contributed by atoms with Crippen LogP contribution in [0.2, 0.25) is 0 Å². The van der Waals surface area contributed by atoms with E-state index >= 15 is 0 Å². The van der Waals surface area contributed by atoms with Crippen molar-refractivity contribution in [2.45, 2.75) is 9.79 Å². The van der Waals surface area contributed by atoms with Crippen molar-refractivity contribution in [1.29, 1.82) is 0 Å². The predicted molar refractivity (Wildman–Crippen MR) is 74.0 cm³/mol. The van der Waals surface area contributed by atoms with Crippen LogP contribution in [-0.2, 0) is 0 Å². The second kappa shape index (κ2) is 5.40. The van der Waals surface area contributed by atoms with Crippen LogP contribution in [0, 0.1) is 21.0 Å². The number of hydrogen-bond donors (Lipinski definition) is 1. The van der Waals surface area contributed by atoms with E-state index in [2.05, 4.69) is 0 Å². The molecular formula is C12H7F3INS. The molecule has 2 aromatic carbocycles. The first-order valence-corrected chi connectivity index (χ1v) is 6.74. The van der Waals surface area contributed by atoms with E-state index in [1.807, 2.05) is 22.6 Å². The molecule has 0 atom stereocenters. The van der Waals surface area contributed by atoms with Gasteiger partial charge in [-0.2, -0.15) is 0 Å². The molecule has 2 N–H and O–H groups in total. The van der Waals surface area contributed by atoms with Gasteiger partial charge in [0.15, 0.2) is 0 Å². The van der Waals surface area contributed by atoms with Crippen molar-refractivity contribution in [2.24, 2.45) is 0 Å². The van der Waals surface area contributed by atoms with Gasteiger partial charge in [-0.25, -0.2) is 13.2 Å². The third-order valence-corrected chi connectivity index (χ3v) is 4.10. The van der Waals surface area contributed by atoms with Crippen molar-refractivity contribution in [3.63, 3.8) is 0 Å². The Morgan fingerprint density at radius 3 is 2.39 bits per heavy atom. The molecule has 0 fully saturated rings. The van der Waals surface area contributed by atoms with Crippen molar-refractivity contribution >= 4 is 40.0 Å². The summed E-state index contributed by atoms with van der Waals surface area (Å²) in [7, 11) is 0. The lowest BCUT2D eigenvalue weighted by molar-refractivity contribution is 0.577. The van der Waals surface area contributed by atoms with Crippen LogP contribution in [0.25, 0.3) is 0 Å². The molecular weight excluding hydrogens is 374 g/mol. The van der Waals surface area contributed by atoms with Crippen molar-refractivity contribution in [1.82, 2.24) is 0 Å². The summed E-state index contributed by atoms with van der Waals surface area (Å²) in [5, 5.41) is 0. The maximum atomic E-state index is 13.4. The highest BCUT2D eigenvalue weighted by molar-refractivity contribution is 14.1. The molecule has 0 aliphatic carbocycles. The minimum Gasteiger partial charge on any atom is -0.398 e. The fraction of sp³-hybridized carbons (Fsp3) is 0. The van der Waals surface area contributed by atoms with Gasteiger partial charge in [0, 0.05) is 10.6 Å². The van der Waals surface area contributed by atoms with Crippen LogP contribution in [0.1, 0.15) is 0 Å². The maximum Gasteiger partial charge on any atom is 0.137 e. The molecule has 0 bridgehead atoms. The number of benzene rings is 2. The lowest BCUT2D eigenvalue weighted by atomic mass is 10.3. The second-order valence-corrected chi connectivity index (χ2v) is 5.73. The molecule has 0 saturated heterocycles. The van der Waals surface area contributed by atoms with E-state index in [0.29, 0.717) is 14.2 Å². The van der Waals surface area contributed by atoms with Gasteiger partial charge in [-0.15, -0.1) is 0 Å². The summed E-state index contributed by atoms with van der Waals surface area (Å²) in [4.78, 5) is 0.430. The van der Waals surface area contributed by atoms with Gasteiger partial charge in [0.05, 0.1) is 8.47 Å². The Morgan fingerprint density at radius 2 is 1.67 bits per heavy atom. The third-order valence-electron chi connectivity index (χ3n) is 2.17. The molecule has 94 valence electrons. The van der Waals surface area contributed by atoms with Crippen LogP contribution in [-0.4, -0.2) is 0 Å². The average Bonchev–Trinajstić information content (AvgIpc) is 2.30. The topological polar surface area (TPSA) is 26.0 Å². The molecule has 0 aliphatic rings. The standard InChI is InChI=1S/C12H7F3INS/c13-6-1-2-7(14)11(3-6)18-12-4-8(15)9(16)5-10(12)17/h1-5H,17H2. The number of nitrogens with two attached hydrogens (primary N) is 1. The molecule has 2 rings (SSSR count). The van der Waals surface area contributed by atoms with Crippen LogP contribution in [0.5, 0.6) is 0 Å². The molecule has 0 radical (unpaired) electrons. The zero-order valence-electron chi connectivity index (χ0n) is 8.88. The zero-order valence-corrected chi connectivity index (χ0v) is 11.9. The molecule has 1 nitrogen and oxygen atoms in total. The lowest BCUT2D eigenvalue weighted by Gasteiger charge is -2.07. The SMILES string of the molecule is Nc1cc(I)c(F)cc1Sc1cc(F)ccc1F. The molecule has 6 heteroatoms. The summed E-state index contributed by atoms with van der Waals surface area (Å²) in [5.41, 5.74) is 6.05. The van der Waals surface area contributed by atoms with Crippen LogP contribution < -0.4 is 5.73 Å². The number of rotatable bonds is 2. The fourth-order valence-corrected chi connectivity index (χ4v) is 2.71. The average molecular weight is 381 g/mol. The highest BCUT2D eigenvalue weighted by Crippen LogP contribution is 2.35. The van der Waals surface area contributed by atoms with Gasteiger partial charge >= 0.3 is 0 Å². The van der Waals surface area contributed by atoms with Crippen molar-refractivity contribution in [2.75, 3.05) is 5.73 Å². The highest BCUT2D eigenvalue weighted by atomic mass is 127. The fourth-order valence-electron chi connectivity index (χ4n) is 1.31. The van der Waals surface area contributed by atoms with E-state index < -0.39 is 17.5 Å². The number of hydrogen-bond acceptors (Lipinski definition) is 2. The van der Waals surface area contributed by atoms with Gasteiger partial charge in [0.1, 0.15) is 17.5 Å². The van der Waals surface area contributed by atoms with Crippen LogP contribution >= 0.6 is 34.4 Å². The normalized spacial score (nSPS) is 10.7. The van der Waals surface area contributed by atoms with Crippen molar-refractivity contribution in [3.8, 4) is 0 Å². The maximum absolute atomic E-state index is 13.4. The Balaban J connectivity index is 2.40. The Morgan fingerprint density at radius 1 is 0.944 bits per heavy atom. The van der Waals surface area contributed by atoms with E-state index in [9.17, 15) is 13.2 Å². The number of halogens is 4. The van der Waals surface area contributed by atoms with Crippen molar-refractivity contribution < 1.29 is 13.2 Å². The minimum absolute atomic E-state index is 0.0716. The molecule has 0 unspecified atom stereocenters. The van der Waals surface area contributed by atoms with Gasteiger partial charge in [-0.1, -0.05) is 11.8 Å². The van der Waals surface area contributed by atoms with Crippen LogP contribution in [0.4, 0.5) is 18.9 Å². The molecule has 0 amide bonds. The molecule has 0 aliphatic heterocycles. The van der Waals surface area contributed by atoms with E-state index in [0.717, 1.165) is 30.0 Å². The minimum atomic E-state index is -0.570. The summed E-state index contributed by atoms with van der Waals surface area (Å²) in [5.74, 6) is -1.56. The summed E-state index contributed by atoms with van der Waals surface area (Å²) >= 11 is 2.71.